The van der Waals surface area contributed by atoms with Crippen molar-refractivity contribution in [1.82, 2.24) is 4.90 Å². The molecule has 1 atom stereocenters. The number of halogens is 1. The lowest BCUT2D eigenvalue weighted by Crippen LogP contribution is -2.37. The Morgan fingerprint density at radius 2 is 2.24 bits per heavy atom. The van der Waals surface area contributed by atoms with Gasteiger partial charge in [0, 0.05) is 7.05 Å². The molecule has 0 aliphatic heterocycles. The molecule has 5 heteroatoms. The number of likely N-dealkylation sites (N-methyl/N-ethyl adjacent to an activating group) is 1. The Morgan fingerprint density at radius 3 is 2.76 bits per heavy atom. The van der Waals surface area contributed by atoms with Crippen LogP contribution in [0.15, 0.2) is 18.2 Å². The van der Waals surface area contributed by atoms with Crippen molar-refractivity contribution >= 4 is 5.91 Å². The van der Waals surface area contributed by atoms with Gasteiger partial charge in [-0.3, -0.25) is 4.79 Å². The van der Waals surface area contributed by atoms with Crippen molar-refractivity contribution in [2.45, 2.75) is 13.0 Å². The number of methoxy groups -OCH3 is 1. The minimum absolute atomic E-state index is 0.113. The van der Waals surface area contributed by atoms with Gasteiger partial charge in [0.05, 0.1) is 19.8 Å². The molecule has 0 fully saturated rings. The number of amides is 1. The third kappa shape index (κ3) is 2.74. The van der Waals surface area contributed by atoms with Gasteiger partial charge in [0.15, 0.2) is 0 Å². The highest BCUT2D eigenvalue weighted by molar-refractivity contribution is 5.97. The second-order valence-electron chi connectivity index (χ2n) is 3.76. The average molecular weight is 241 g/mol. The van der Waals surface area contributed by atoms with E-state index in [0.717, 1.165) is 0 Å². The summed E-state index contributed by atoms with van der Waals surface area (Å²) in [6, 6.07) is 3.81. The zero-order valence-corrected chi connectivity index (χ0v) is 10.1. The molecule has 1 amide bonds. The van der Waals surface area contributed by atoms with E-state index in [9.17, 15) is 9.18 Å². The van der Waals surface area contributed by atoms with Gasteiger partial charge < -0.3 is 14.7 Å². The van der Waals surface area contributed by atoms with Gasteiger partial charge in [-0.2, -0.15) is 0 Å². The lowest BCUT2D eigenvalue weighted by atomic mass is 10.1. The van der Waals surface area contributed by atoms with Crippen LogP contribution in [0.2, 0.25) is 0 Å². The van der Waals surface area contributed by atoms with Crippen LogP contribution in [-0.2, 0) is 0 Å². The van der Waals surface area contributed by atoms with Gasteiger partial charge in [-0.05, 0) is 19.1 Å². The number of aliphatic hydroxyl groups is 1. The zero-order chi connectivity index (χ0) is 13.0. The SMILES string of the molecule is COc1cccc(F)c1C(=O)N(C)C(C)CO. The van der Waals surface area contributed by atoms with Gasteiger partial charge >= 0.3 is 0 Å². The van der Waals surface area contributed by atoms with Crippen LogP contribution in [0.5, 0.6) is 5.75 Å². The van der Waals surface area contributed by atoms with Crippen molar-refractivity contribution < 1.29 is 19.0 Å². The van der Waals surface area contributed by atoms with Crippen LogP contribution in [0.25, 0.3) is 0 Å². The number of nitrogens with zero attached hydrogens (tertiary/aromatic N) is 1. The molecule has 0 saturated heterocycles. The zero-order valence-electron chi connectivity index (χ0n) is 10.1. The fourth-order valence-corrected chi connectivity index (χ4v) is 1.38. The minimum Gasteiger partial charge on any atom is -0.496 e. The number of carbonyl (C=O) groups excluding carboxylic acids is 1. The standard InChI is InChI=1S/C12H16FNO3/c1-8(7-15)14(2)12(16)11-9(13)5-4-6-10(11)17-3/h4-6,8,15H,7H2,1-3H3. The van der Waals surface area contributed by atoms with E-state index in [1.165, 1.54) is 37.3 Å². The maximum Gasteiger partial charge on any atom is 0.260 e. The van der Waals surface area contributed by atoms with Crippen LogP contribution in [0.4, 0.5) is 4.39 Å². The molecular formula is C12H16FNO3. The predicted molar refractivity (Wildman–Crippen MR) is 61.6 cm³/mol. The predicted octanol–water partition coefficient (Wildman–Crippen LogP) is 1.29. The Kier molecular flexibility index (Phi) is 4.45. The van der Waals surface area contributed by atoms with Crippen molar-refractivity contribution in [3.63, 3.8) is 0 Å². The van der Waals surface area contributed by atoms with E-state index in [4.69, 9.17) is 9.84 Å². The van der Waals surface area contributed by atoms with E-state index in [2.05, 4.69) is 0 Å². The van der Waals surface area contributed by atoms with Crippen molar-refractivity contribution in [3.8, 4) is 5.75 Å². The topological polar surface area (TPSA) is 49.8 Å². The van der Waals surface area contributed by atoms with Gasteiger partial charge in [-0.25, -0.2) is 4.39 Å². The van der Waals surface area contributed by atoms with Gasteiger partial charge in [-0.1, -0.05) is 6.07 Å². The van der Waals surface area contributed by atoms with Crippen molar-refractivity contribution in [2.75, 3.05) is 20.8 Å². The van der Waals surface area contributed by atoms with Gasteiger partial charge in [0.2, 0.25) is 0 Å². The molecule has 0 radical (unpaired) electrons. The van der Waals surface area contributed by atoms with E-state index in [-0.39, 0.29) is 24.0 Å². The van der Waals surface area contributed by atoms with E-state index in [1.54, 1.807) is 6.92 Å². The van der Waals surface area contributed by atoms with E-state index in [0.29, 0.717) is 0 Å². The number of rotatable bonds is 4. The summed E-state index contributed by atoms with van der Waals surface area (Å²) in [5.41, 5.74) is -0.113. The molecule has 4 nitrogen and oxygen atoms in total. The van der Waals surface area contributed by atoms with Crippen LogP contribution < -0.4 is 4.74 Å². The van der Waals surface area contributed by atoms with Gasteiger partial charge in [0.1, 0.15) is 17.1 Å². The van der Waals surface area contributed by atoms with Crippen LogP contribution in [-0.4, -0.2) is 42.7 Å². The molecule has 17 heavy (non-hydrogen) atoms. The summed E-state index contributed by atoms with van der Waals surface area (Å²) in [4.78, 5) is 13.3. The summed E-state index contributed by atoms with van der Waals surface area (Å²) < 4.78 is 18.6. The van der Waals surface area contributed by atoms with Crippen LogP contribution in [0.3, 0.4) is 0 Å². The Bertz CT molecular complexity index is 409. The second-order valence-corrected chi connectivity index (χ2v) is 3.76. The smallest absolute Gasteiger partial charge is 0.260 e. The largest absolute Gasteiger partial charge is 0.496 e. The van der Waals surface area contributed by atoms with Crippen LogP contribution in [0, 0.1) is 5.82 Å². The molecule has 1 aromatic rings. The molecule has 0 bridgehead atoms. The first-order valence-electron chi connectivity index (χ1n) is 5.23. The molecule has 1 unspecified atom stereocenters. The van der Waals surface area contributed by atoms with Crippen molar-refractivity contribution in [3.05, 3.63) is 29.6 Å². The minimum atomic E-state index is -0.633. The number of carbonyl (C=O) groups is 1. The molecule has 0 heterocycles. The molecule has 1 aromatic carbocycles. The highest BCUT2D eigenvalue weighted by atomic mass is 19.1. The number of ether oxygens (including phenoxy) is 1. The Labute approximate surface area is 99.6 Å². The summed E-state index contributed by atoms with van der Waals surface area (Å²) in [6.45, 7) is 1.49. The lowest BCUT2D eigenvalue weighted by molar-refractivity contribution is 0.0674. The normalized spacial score (nSPS) is 12.1. The Balaban J connectivity index is 3.11. The second kappa shape index (κ2) is 5.63. The fraction of sp³-hybridized carbons (Fsp3) is 0.417. The molecule has 0 saturated carbocycles. The summed E-state index contributed by atoms with van der Waals surface area (Å²) in [7, 11) is 2.89. The first-order valence-corrected chi connectivity index (χ1v) is 5.23. The summed E-state index contributed by atoms with van der Waals surface area (Å²) in [6.07, 6.45) is 0. The summed E-state index contributed by atoms with van der Waals surface area (Å²) >= 11 is 0. The lowest BCUT2D eigenvalue weighted by Gasteiger charge is -2.24. The molecule has 0 aliphatic rings. The molecule has 1 N–H and O–H groups in total. The quantitative estimate of drug-likeness (QED) is 0.864. The van der Waals surface area contributed by atoms with Crippen molar-refractivity contribution in [2.24, 2.45) is 0 Å². The third-order valence-corrected chi connectivity index (χ3v) is 2.65. The molecule has 94 valence electrons. The van der Waals surface area contributed by atoms with E-state index < -0.39 is 11.7 Å². The summed E-state index contributed by atoms with van der Waals surface area (Å²) in [5, 5.41) is 8.98. The maximum atomic E-state index is 13.6. The third-order valence-electron chi connectivity index (χ3n) is 2.65. The molecule has 0 aromatic heterocycles. The Morgan fingerprint density at radius 1 is 1.59 bits per heavy atom. The number of benzene rings is 1. The highest BCUT2D eigenvalue weighted by Gasteiger charge is 2.23. The van der Waals surface area contributed by atoms with Crippen molar-refractivity contribution in [1.29, 1.82) is 0 Å². The highest BCUT2D eigenvalue weighted by Crippen LogP contribution is 2.23. The first-order chi connectivity index (χ1) is 8.02. The van der Waals surface area contributed by atoms with Crippen LogP contribution in [0.1, 0.15) is 17.3 Å². The molecule has 1 rings (SSSR count). The fourth-order valence-electron chi connectivity index (χ4n) is 1.38. The molecule has 0 aliphatic carbocycles. The number of hydrogen-bond acceptors (Lipinski definition) is 3. The number of hydrogen-bond donors (Lipinski definition) is 1. The van der Waals surface area contributed by atoms with Gasteiger partial charge in [0.25, 0.3) is 5.91 Å². The van der Waals surface area contributed by atoms with E-state index in [1.807, 2.05) is 0 Å². The molecule has 0 spiro atoms. The monoisotopic (exact) mass is 241 g/mol. The maximum absolute atomic E-state index is 13.6. The average Bonchev–Trinajstić information content (AvgIpc) is 2.35. The van der Waals surface area contributed by atoms with Crippen LogP contribution >= 0.6 is 0 Å². The van der Waals surface area contributed by atoms with Gasteiger partial charge in [-0.15, -0.1) is 0 Å². The summed E-state index contributed by atoms with van der Waals surface area (Å²) in [5.74, 6) is -0.958. The number of aliphatic hydroxyl groups excluding tert-OH is 1. The Hall–Kier alpha value is -1.62. The van der Waals surface area contributed by atoms with E-state index >= 15 is 0 Å². The first kappa shape index (κ1) is 13.4. The molecular weight excluding hydrogens is 225 g/mol.